The van der Waals surface area contributed by atoms with E-state index in [4.69, 9.17) is 10.4 Å². The first-order chi connectivity index (χ1) is 4.83. The SMILES string of the molecule is COBN1CCCC(N)C1. The van der Waals surface area contributed by atoms with Gasteiger partial charge in [-0.3, -0.25) is 0 Å². The van der Waals surface area contributed by atoms with Crippen LogP contribution < -0.4 is 5.73 Å². The van der Waals surface area contributed by atoms with E-state index in [2.05, 4.69) is 4.81 Å². The molecule has 0 amide bonds. The molecule has 1 atom stereocenters. The van der Waals surface area contributed by atoms with Crippen LogP contribution in [0, 0.1) is 0 Å². The molecule has 4 heteroatoms. The first kappa shape index (κ1) is 8.05. The summed E-state index contributed by atoms with van der Waals surface area (Å²) in [5.74, 6) is 0. The fraction of sp³-hybridized carbons (Fsp3) is 1.00. The highest BCUT2D eigenvalue weighted by molar-refractivity contribution is 6.23. The molecule has 58 valence electrons. The molecule has 0 aromatic carbocycles. The molecule has 1 aliphatic rings. The maximum Gasteiger partial charge on any atom is 0.363 e. The Morgan fingerprint density at radius 3 is 3.10 bits per heavy atom. The van der Waals surface area contributed by atoms with Gasteiger partial charge >= 0.3 is 7.62 Å². The van der Waals surface area contributed by atoms with Gasteiger partial charge in [0.2, 0.25) is 0 Å². The molecule has 0 spiro atoms. The fourth-order valence-corrected chi connectivity index (χ4v) is 1.39. The normalized spacial score (nSPS) is 28.4. The number of hydrogen-bond donors (Lipinski definition) is 1. The van der Waals surface area contributed by atoms with E-state index in [1.165, 1.54) is 12.8 Å². The van der Waals surface area contributed by atoms with Gasteiger partial charge in [0, 0.05) is 19.7 Å². The van der Waals surface area contributed by atoms with Crippen LogP contribution >= 0.6 is 0 Å². The lowest BCUT2D eigenvalue weighted by Crippen LogP contribution is -2.44. The first-order valence-corrected chi connectivity index (χ1v) is 3.80. The Balaban J connectivity index is 2.18. The monoisotopic (exact) mass is 142 g/mol. The van der Waals surface area contributed by atoms with Crippen LogP contribution in [0.5, 0.6) is 0 Å². The summed E-state index contributed by atoms with van der Waals surface area (Å²) in [6, 6.07) is 0.365. The second-order valence-electron chi connectivity index (χ2n) is 2.90. The molecule has 1 fully saturated rings. The summed E-state index contributed by atoms with van der Waals surface area (Å²) in [5, 5.41) is 0. The van der Waals surface area contributed by atoms with Crippen molar-refractivity contribution >= 4 is 7.62 Å². The molecule has 3 nitrogen and oxygen atoms in total. The van der Waals surface area contributed by atoms with Crippen molar-refractivity contribution in [3.63, 3.8) is 0 Å². The second kappa shape index (κ2) is 3.96. The van der Waals surface area contributed by atoms with Crippen LogP contribution in [0.15, 0.2) is 0 Å². The number of rotatable bonds is 2. The van der Waals surface area contributed by atoms with Gasteiger partial charge in [-0.2, -0.15) is 0 Å². The van der Waals surface area contributed by atoms with Gasteiger partial charge < -0.3 is 15.2 Å². The van der Waals surface area contributed by atoms with Crippen LogP contribution in [0.3, 0.4) is 0 Å². The van der Waals surface area contributed by atoms with E-state index in [0.717, 1.165) is 20.7 Å². The van der Waals surface area contributed by atoms with E-state index in [-0.39, 0.29) is 0 Å². The number of hydrogen-bond acceptors (Lipinski definition) is 3. The summed E-state index contributed by atoms with van der Waals surface area (Å²) < 4.78 is 5.00. The average molecular weight is 142 g/mol. The molecule has 0 saturated carbocycles. The van der Waals surface area contributed by atoms with Crippen molar-refractivity contribution in [1.82, 2.24) is 4.81 Å². The topological polar surface area (TPSA) is 38.5 Å². The quantitative estimate of drug-likeness (QED) is 0.519. The zero-order valence-corrected chi connectivity index (χ0v) is 6.55. The largest absolute Gasteiger partial charge is 0.427 e. The molecule has 2 N–H and O–H groups in total. The highest BCUT2D eigenvalue weighted by atomic mass is 16.4. The Hall–Kier alpha value is -0.0551. The minimum atomic E-state index is 0.365. The van der Waals surface area contributed by atoms with E-state index in [1.807, 2.05) is 0 Å². The summed E-state index contributed by atoms with van der Waals surface area (Å²) in [6.07, 6.45) is 2.38. The molecule has 10 heavy (non-hydrogen) atoms. The Labute approximate surface area is 62.8 Å². The van der Waals surface area contributed by atoms with Crippen molar-refractivity contribution in [2.24, 2.45) is 5.73 Å². The predicted molar refractivity (Wildman–Crippen MR) is 42.9 cm³/mol. The van der Waals surface area contributed by atoms with Gasteiger partial charge in [0.25, 0.3) is 0 Å². The molecule has 0 aromatic heterocycles. The lowest BCUT2D eigenvalue weighted by molar-refractivity contribution is 0.278. The van der Waals surface area contributed by atoms with Gasteiger partial charge in [0.15, 0.2) is 0 Å². The van der Waals surface area contributed by atoms with E-state index in [1.54, 1.807) is 7.11 Å². The average Bonchev–Trinajstić information content (AvgIpc) is 1.88. The minimum Gasteiger partial charge on any atom is -0.427 e. The van der Waals surface area contributed by atoms with Crippen LogP contribution in [0.25, 0.3) is 0 Å². The maximum absolute atomic E-state index is 5.76. The van der Waals surface area contributed by atoms with Gasteiger partial charge in [-0.1, -0.05) is 0 Å². The number of nitrogens with zero attached hydrogens (tertiary/aromatic N) is 1. The molecule has 1 aliphatic heterocycles. The molecule has 0 aromatic rings. The van der Waals surface area contributed by atoms with E-state index in [9.17, 15) is 0 Å². The summed E-state index contributed by atoms with van der Waals surface area (Å²) in [5.41, 5.74) is 5.76. The van der Waals surface area contributed by atoms with Crippen LogP contribution in [-0.2, 0) is 4.65 Å². The van der Waals surface area contributed by atoms with Gasteiger partial charge in [0.1, 0.15) is 0 Å². The van der Waals surface area contributed by atoms with E-state index < -0.39 is 0 Å². The molecule has 1 unspecified atom stereocenters. The van der Waals surface area contributed by atoms with Crippen molar-refractivity contribution in [2.75, 3.05) is 20.2 Å². The van der Waals surface area contributed by atoms with E-state index >= 15 is 0 Å². The standard InChI is InChI=1S/C6H15BN2O/c1-10-7-9-4-2-3-6(8)5-9/h6-7H,2-5,8H2,1H3. The predicted octanol–water partition coefficient (Wildman–Crippen LogP) is -0.678. The third-order valence-electron chi connectivity index (χ3n) is 1.85. The van der Waals surface area contributed by atoms with Crippen LogP contribution in [0.2, 0.25) is 0 Å². The molecular weight excluding hydrogens is 127 g/mol. The van der Waals surface area contributed by atoms with Crippen LogP contribution in [0.1, 0.15) is 12.8 Å². The molecule has 0 aliphatic carbocycles. The van der Waals surface area contributed by atoms with Crippen molar-refractivity contribution in [3.8, 4) is 0 Å². The second-order valence-corrected chi connectivity index (χ2v) is 2.90. The molecule has 0 bridgehead atoms. The fourth-order valence-electron chi connectivity index (χ4n) is 1.39. The highest BCUT2D eigenvalue weighted by Crippen LogP contribution is 2.05. The summed E-state index contributed by atoms with van der Waals surface area (Å²) in [4.78, 5) is 2.24. The van der Waals surface area contributed by atoms with Gasteiger partial charge in [-0.25, -0.2) is 0 Å². The Kier molecular flexibility index (Phi) is 3.18. The summed E-state index contributed by atoms with van der Waals surface area (Å²) in [6.45, 7) is 2.13. The Bertz CT molecular complexity index is 99.7. The molecule has 1 saturated heterocycles. The number of nitrogens with two attached hydrogens (primary N) is 1. The zero-order valence-electron chi connectivity index (χ0n) is 6.55. The molecule has 1 rings (SSSR count). The van der Waals surface area contributed by atoms with Gasteiger partial charge in [-0.05, 0) is 19.4 Å². The lowest BCUT2D eigenvalue weighted by atomic mass is 10.0. The smallest absolute Gasteiger partial charge is 0.363 e. The lowest BCUT2D eigenvalue weighted by Gasteiger charge is -2.29. The molecule has 0 radical (unpaired) electrons. The van der Waals surface area contributed by atoms with E-state index in [0.29, 0.717) is 6.04 Å². The first-order valence-electron chi connectivity index (χ1n) is 3.80. The van der Waals surface area contributed by atoms with Crippen molar-refractivity contribution in [1.29, 1.82) is 0 Å². The minimum absolute atomic E-state index is 0.365. The Morgan fingerprint density at radius 1 is 1.70 bits per heavy atom. The zero-order chi connectivity index (χ0) is 7.40. The maximum atomic E-state index is 5.76. The van der Waals surface area contributed by atoms with Crippen molar-refractivity contribution < 1.29 is 4.65 Å². The summed E-state index contributed by atoms with van der Waals surface area (Å²) in [7, 11) is 2.45. The number of piperidine rings is 1. The summed E-state index contributed by atoms with van der Waals surface area (Å²) >= 11 is 0. The molecule has 1 heterocycles. The van der Waals surface area contributed by atoms with Crippen LogP contribution in [0.4, 0.5) is 0 Å². The van der Waals surface area contributed by atoms with Crippen molar-refractivity contribution in [2.45, 2.75) is 18.9 Å². The Morgan fingerprint density at radius 2 is 2.50 bits per heavy atom. The third-order valence-corrected chi connectivity index (χ3v) is 1.85. The van der Waals surface area contributed by atoms with Crippen LogP contribution in [-0.4, -0.2) is 38.7 Å². The van der Waals surface area contributed by atoms with Gasteiger partial charge in [-0.15, -0.1) is 0 Å². The van der Waals surface area contributed by atoms with Crippen molar-refractivity contribution in [3.05, 3.63) is 0 Å². The third kappa shape index (κ3) is 2.29. The van der Waals surface area contributed by atoms with Gasteiger partial charge in [0.05, 0.1) is 0 Å². The highest BCUT2D eigenvalue weighted by Gasteiger charge is 2.16. The molecular formula is C6H15BN2O.